The van der Waals surface area contributed by atoms with Gasteiger partial charge in [-0.2, -0.15) is 5.21 Å². The number of carbonyl (C=O) groups excluding carboxylic acids is 1. The molecule has 16 rings (SSSR count). The van der Waals surface area contributed by atoms with E-state index in [9.17, 15) is 56.2 Å². The molecule has 0 radical (unpaired) electrons. The molecule has 0 bridgehead atoms. The Bertz CT molecular complexity index is 6250. The number of hydrogen-bond donors (Lipinski definition) is 7. The number of ether oxygens (including phenoxy) is 4. The summed E-state index contributed by atoms with van der Waals surface area (Å²) in [5.41, 5.74) is 26.8. The van der Waals surface area contributed by atoms with Crippen molar-refractivity contribution in [2.75, 3.05) is 65.5 Å². The lowest BCUT2D eigenvalue weighted by molar-refractivity contribution is -0.385. The van der Waals surface area contributed by atoms with Crippen molar-refractivity contribution < 1.29 is 89.6 Å². The van der Waals surface area contributed by atoms with Crippen LogP contribution in [-0.4, -0.2) is 133 Å². The summed E-state index contributed by atoms with van der Waals surface area (Å²) >= 11 is 22.8. The van der Waals surface area contributed by atoms with Gasteiger partial charge in [-0.1, -0.05) is 208 Å². The number of phenols is 2. The lowest BCUT2D eigenvalue weighted by atomic mass is 10.1. The van der Waals surface area contributed by atoms with Gasteiger partial charge < -0.3 is 65.1 Å². The third-order valence-corrected chi connectivity index (χ3v) is 20.6. The minimum atomic E-state index is -4.60. The average molecular weight is 2090 g/mol. The second kappa shape index (κ2) is 67.5. The molecule has 1 aliphatic heterocycles. The Morgan fingerprint density at radius 2 is 0.993 bits per heavy atom. The number of amides is 1. The Kier molecular flexibility index (Phi) is 57.9. The molecular formula is C111H124Cl4F6N10O15. The van der Waals surface area contributed by atoms with Crippen LogP contribution in [0.5, 0.6) is 34.5 Å². The number of non-ortho nitro benzene ring substituents is 1. The fraction of sp³-hybridized carbons (Fsp3) is 0.234. The monoisotopic (exact) mass is 2090 g/mol. The fourth-order valence-corrected chi connectivity index (χ4v) is 12.2. The lowest BCUT2D eigenvalue weighted by Crippen LogP contribution is -2.47. The topological polar surface area (TPSA) is 364 Å². The highest BCUT2D eigenvalue weighted by molar-refractivity contribution is 6.35. The number of furan rings is 1. The number of carboxylic acid groups (broad SMARTS) is 1. The van der Waals surface area contributed by atoms with Gasteiger partial charge in [-0.25, -0.2) is 13.2 Å². The van der Waals surface area contributed by atoms with Crippen LogP contribution in [0.1, 0.15) is 107 Å². The van der Waals surface area contributed by atoms with Crippen LogP contribution in [0.3, 0.4) is 0 Å². The van der Waals surface area contributed by atoms with Crippen molar-refractivity contribution in [2.45, 2.75) is 123 Å². The standard InChI is InChI=1S/C13H17N3O3.C11H13ClO3.C8H7F3O.C8H10O2.2C8H10O.C7H6Cl2.C7H7Cl.C7H6F2.C7H7F.C7H7NO2.C7H9NO.C7H9N.C6H6N4O/c1-10-3-4-11(12(9-10)16(18)19)13(17)15-7-5-14(2)6-8-15;1-8-4-5-9(12)7-10(8)15-6-2-3-11(13)14;1-6-2-4-7(5-3-6)12-8(9,10)11;1-6-3-4-7(9)8(5-6)10-2;1-7-3-5-8(9-2)6-4-7;1-7-3-2-4-8(5-7)6-9;1-5-2-3-6(8)4-7(5)9;1-6-3-2-4-7(8)5-6;1-5-2-3-6(8)7(9)4-5;1-6-2-4-7(8)5-3-6;1-6-3-2-4-7(5-6)8(9)10;1-5-2-3-7(9)6(8)4-5;1-6-4-2-3-5-7(6)8;1-4-2-3-5(11-4)6-7-9-10-8-6/h3-4,9H,5-8H2,1-2H3;4-5,7H,2-3,6H2,1H3,(H,13,14);2-5H,1H3;3-5,9H,1-2H3;3-6H,1-2H3;2-5,9H,6H2,1H3;2-4H,1H3;2-5H,1H3;2-4H,1H3;2-5H,1H3;2-5H,1H3;2-4,9H,8H2,1H3;2-5H,8H2,1H3;2-3H,1H3,(H,7,8,9,10). The second-order valence-corrected chi connectivity index (χ2v) is 34.1. The Balaban J connectivity index is 0.000000407. The van der Waals surface area contributed by atoms with E-state index in [2.05, 4.69) is 37.2 Å². The molecular weight excluding hydrogens is 1970 g/mol. The number of benzene rings is 13. The molecule has 15 aromatic rings. The largest absolute Gasteiger partial charge is 0.573 e. The molecule has 3 heterocycles. The normalized spacial score (nSPS) is 10.6. The maximum atomic E-state index is 12.3. The molecule has 0 unspecified atom stereocenters. The molecule has 9 N–H and O–H groups in total. The zero-order chi connectivity index (χ0) is 109. The number of likely N-dealkylation sites (N-methyl/N-ethyl adjacent to an activating group) is 1. The molecule has 35 heteroatoms. The van der Waals surface area contributed by atoms with Crippen molar-refractivity contribution in [1.82, 2.24) is 30.4 Å². The average Bonchev–Trinajstić information content (AvgIpc) is 0.978. The number of nitrogens with one attached hydrogen (secondary N) is 1. The zero-order valence-electron chi connectivity index (χ0n) is 84.2. The number of nitro benzene ring substituents is 2. The van der Waals surface area contributed by atoms with Crippen LogP contribution < -0.4 is 30.4 Å². The number of carbonyl (C=O) groups is 2. The van der Waals surface area contributed by atoms with Gasteiger partial charge in [0.05, 0.1) is 43.0 Å². The SMILES string of the molecule is COc1cc(C)ccc1O.COc1ccc(C)cc1.Cc1ccc(-c2nn[nH]n2)o1.Cc1ccc(C(=O)N2CCN(C)CC2)c([N+](=O)[O-])c1.Cc1ccc(Cl)cc1Cl.Cc1ccc(Cl)cc1OCCCC(=O)O.Cc1ccc(F)c(F)c1.Cc1ccc(F)cc1.Cc1ccc(O)c(N)c1.Cc1ccc(OC(F)(F)F)cc1.Cc1cccc(CO)c1.Cc1cccc(Cl)c1.Cc1cccc([N+](=O)[O-])c1.Cc1ccccc1N. The molecule has 1 saturated heterocycles. The number of anilines is 2. The van der Waals surface area contributed by atoms with Crippen LogP contribution in [-0.2, 0) is 11.4 Å². The van der Waals surface area contributed by atoms with E-state index in [0.717, 1.165) is 114 Å². The Hall–Kier alpha value is -15.0. The number of aliphatic carboxylic acids is 1. The zero-order valence-corrected chi connectivity index (χ0v) is 87.2. The number of phenolic OH excluding ortho intramolecular Hbond substituents is 2. The summed E-state index contributed by atoms with van der Waals surface area (Å²) in [5.74, 6) is 1.47. The van der Waals surface area contributed by atoms with E-state index in [4.69, 9.17) is 96.9 Å². The quantitative estimate of drug-likeness (QED) is 0.0141. The van der Waals surface area contributed by atoms with E-state index in [-0.39, 0.29) is 58.9 Å². The van der Waals surface area contributed by atoms with Gasteiger partial charge in [0.2, 0.25) is 5.82 Å². The number of aromatic amines is 1. The van der Waals surface area contributed by atoms with E-state index in [1.54, 1.807) is 130 Å². The summed E-state index contributed by atoms with van der Waals surface area (Å²) in [5, 5.41) is 72.4. The number of aromatic nitrogens is 4. The first-order valence-corrected chi connectivity index (χ1v) is 46.4. The summed E-state index contributed by atoms with van der Waals surface area (Å²) in [4.78, 5) is 46.7. The van der Waals surface area contributed by atoms with Crippen molar-refractivity contribution in [3.63, 3.8) is 0 Å². The highest BCUT2D eigenvalue weighted by atomic mass is 35.5. The van der Waals surface area contributed by atoms with Crippen molar-refractivity contribution >= 4 is 81.0 Å². The van der Waals surface area contributed by atoms with E-state index < -0.39 is 33.8 Å². The van der Waals surface area contributed by atoms with Crippen LogP contribution in [0.4, 0.5) is 49.1 Å². The predicted octanol–water partition coefficient (Wildman–Crippen LogP) is 28.2. The number of tetrazole rings is 1. The molecule has 0 spiro atoms. The summed E-state index contributed by atoms with van der Waals surface area (Å²) < 4.78 is 95.4. The van der Waals surface area contributed by atoms with Gasteiger partial charge in [0.25, 0.3) is 17.3 Å². The number of aryl methyl sites for hydroxylation is 14. The van der Waals surface area contributed by atoms with Gasteiger partial charge in [0.15, 0.2) is 28.9 Å². The van der Waals surface area contributed by atoms with Gasteiger partial charge >= 0.3 is 12.3 Å². The number of nitro groups is 2. The summed E-state index contributed by atoms with van der Waals surface area (Å²) in [6.07, 6.45) is -3.98. The highest BCUT2D eigenvalue weighted by Gasteiger charge is 2.31. The number of nitrogen functional groups attached to an aromatic ring is 2. The van der Waals surface area contributed by atoms with Gasteiger partial charge in [-0.15, -0.1) is 23.4 Å². The maximum Gasteiger partial charge on any atom is 0.573 e. The first-order chi connectivity index (χ1) is 69.0. The lowest BCUT2D eigenvalue weighted by Gasteiger charge is -2.32. The van der Waals surface area contributed by atoms with Gasteiger partial charge in [-0.05, 0) is 305 Å². The van der Waals surface area contributed by atoms with Gasteiger partial charge in [0.1, 0.15) is 40.1 Å². The number of alkyl halides is 3. The Morgan fingerprint density at radius 3 is 1.42 bits per heavy atom. The van der Waals surface area contributed by atoms with Crippen molar-refractivity contribution in [3.8, 4) is 46.1 Å². The number of hydrogen-bond acceptors (Lipinski definition) is 20. The van der Waals surface area contributed by atoms with E-state index in [1.807, 2.05) is 216 Å². The first-order valence-electron chi connectivity index (χ1n) is 44.9. The number of rotatable bonds is 13. The summed E-state index contributed by atoms with van der Waals surface area (Å²) in [6, 6.07) is 83.4. The number of carboxylic acids is 1. The van der Waals surface area contributed by atoms with Crippen LogP contribution in [0.15, 0.2) is 296 Å². The smallest absolute Gasteiger partial charge is 0.506 e. The molecule has 1 aliphatic rings. The molecule has 1 fully saturated rings. The van der Waals surface area contributed by atoms with Crippen LogP contribution in [0.2, 0.25) is 20.1 Å². The van der Waals surface area contributed by atoms with Crippen LogP contribution in [0, 0.1) is 135 Å². The summed E-state index contributed by atoms with van der Waals surface area (Å²) in [7, 11) is 5.20. The molecule has 1 amide bonds. The van der Waals surface area contributed by atoms with Crippen LogP contribution in [0.25, 0.3) is 11.6 Å². The molecule has 0 saturated carbocycles. The minimum absolute atomic E-state index is 0.107. The fourth-order valence-electron chi connectivity index (χ4n) is 11.4. The number of piperazine rings is 1. The molecule has 2 aromatic heterocycles. The molecule has 778 valence electrons. The maximum absolute atomic E-state index is 12.3. The van der Waals surface area contributed by atoms with Crippen molar-refractivity contribution in [3.05, 3.63) is 438 Å². The number of methoxy groups -OCH3 is 2. The number of halogens is 10. The van der Waals surface area contributed by atoms with Gasteiger partial charge in [0, 0.05) is 76.6 Å². The predicted molar refractivity (Wildman–Crippen MR) is 569 cm³/mol. The number of nitrogens with zero attached hydrogens (tertiary/aromatic N) is 7. The Morgan fingerprint density at radius 1 is 0.486 bits per heavy atom. The molecule has 0 atom stereocenters. The van der Waals surface area contributed by atoms with Gasteiger partial charge in [-0.3, -0.25) is 29.8 Å². The van der Waals surface area contributed by atoms with E-state index >= 15 is 0 Å². The summed E-state index contributed by atoms with van der Waals surface area (Å²) in [6.45, 7) is 30.1. The Labute approximate surface area is 868 Å². The second-order valence-electron chi connectivity index (χ2n) is 32.4. The highest BCUT2D eigenvalue weighted by Crippen LogP contribution is 2.29. The number of aliphatic hydroxyl groups is 1. The number of aliphatic hydroxyl groups excluding tert-OH is 1. The molecule has 0 aliphatic carbocycles. The number of aromatic hydroxyl groups is 2. The first kappa shape index (κ1) is 125. The van der Waals surface area contributed by atoms with Crippen molar-refractivity contribution in [1.29, 1.82) is 0 Å². The number of nitrogens with two attached hydrogens (primary N) is 2. The minimum Gasteiger partial charge on any atom is -0.506 e. The van der Waals surface area contributed by atoms with Crippen LogP contribution >= 0.6 is 46.4 Å². The van der Waals surface area contributed by atoms with E-state index in [1.165, 1.54) is 66.3 Å². The molecule has 146 heavy (non-hydrogen) atoms. The number of H-pyrrole nitrogens is 1. The number of para-hydroxylation sites is 1. The third kappa shape index (κ3) is 53.9. The van der Waals surface area contributed by atoms with E-state index in [0.29, 0.717) is 64.9 Å². The third-order valence-electron chi connectivity index (χ3n) is 19.5. The molecule has 25 nitrogen and oxygen atoms in total. The molecule has 13 aromatic carbocycles. The van der Waals surface area contributed by atoms with Crippen molar-refractivity contribution in [2.24, 2.45) is 0 Å².